The minimum atomic E-state index is -0.943. The monoisotopic (exact) mass is 188 g/mol. The summed E-state index contributed by atoms with van der Waals surface area (Å²) in [6.07, 6.45) is 1.55. The molecule has 2 heteroatoms. The van der Waals surface area contributed by atoms with Gasteiger partial charge in [0.15, 0.2) is 0 Å². The molecule has 1 rings (SSSR count). The zero-order chi connectivity index (χ0) is 10.6. The summed E-state index contributed by atoms with van der Waals surface area (Å²) >= 11 is 0. The van der Waals surface area contributed by atoms with Gasteiger partial charge in [0.25, 0.3) is 0 Å². The number of benzene rings is 1. The van der Waals surface area contributed by atoms with Gasteiger partial charge in [0.1, 0.15) is 0 Å². The minimum Gasteiger partial charge on any atom is -0.478 e. The average molecular weight is 188 g/mol. The van der Waals surface area contributed by atoms with E-state index in [9.17, 15) is 4.79 Å². The van der Waals surface area contributed by atoms with Crippen molar-refractivity contribution >= 4 is 11.5 Å². The third-order valence-electron chi connectivity index (χ3n) is 1.97. The van der Waals surface area contributed by atoms with Crippen molar-refractivity contribution in [1.82, 2.24) is 0 Å². The van der Waals surface area contributed by atoms with Crippen LogP contribution in [0.25, 0.3) is 5.57 Å². The van der Waals surface area contributed by atoms with Crippen LogP contribution in [0.5, 0.6) is 0 Å². The summed E-state index contributed by atoms with van der Waals surface area (Å²) in [6, 6.07) is 9.28. The van der Waals surface area contributed by atoms with E-state index in [1.54, 1.807) is 13.0 Å². The molecule has 0 radical (unpaired) electrons. The zero-order valence-electron chi connectivity index (χ0n) is 8.03. The molecule has 1 aromatic rings. The Bertz CT molecular complexity index is 375. The Morgan fingerprint density at radius 2 is 1.93 bits per heavy atom. The lowest BCUT2D eigenvalue weighted by molar-refractivity contribution is -0.132. The van der Waals surface area contributed by atoms with Crippen molar-refractivity contribution in [3.05, 3.63) is 54.1 Å². The Labute approximate surface area is 83.2 Å². The van der Waals surface area contributed by atoms with Crippen LogP contribution in [0.4, 0.5) is 0 Å². The van der Waals surface area contributed by atoms with Crippen molar-refractivity contribution in [3.63, 3.8) is 0 Å². The normalized spacial score (nSPS) is 11.1. The topological polar surface area (TPSA) is 37.3 Å². The number of carboxylic acids is 1. The van der Waals surface area contributed by atoms with Crippen molar-refractivity contribution in [1.29, 1.82) is 0 Å². The van der Waals surface area contributed by atoms with Gasteiger partial charge in [0.05, 0.1) is 5.57 Å². The van der Waals surface area contributed by atoms with Crippen LogP contribution >= 0.6 is 0 Å². The summed E-state index contributed by atoms with van der Waals surface area (Å²) in [7, 11) is 0. The highest BCUT2D eigenvalue weighted by molar-refractivity contribution is 6.04. The van der Waals surface area contributed by atoms with E-state index in [0.717, 1.165) is 5.56 Å². The van der Waals surface area contributed by atoms with Gasteiger partial charge < -0.3 is 5.11 Å². The molecule has 0 saturated heterocycles. The second kappa shape index (κ2) is 4.42. The lowest BCUT2D eigenvalue weighted by atomic mass is 10.00. The van der Waals surface area contributed by atoms with Crippen LogP contribution in [-0.2, 0) is 4.79 Å². The number of hydrogen-bond acceptors (Lipinski definition) is 1. The van der Waals surface area contributed by atoms with E-state index in [1.807, 2.05) is 30.3 Å². The van der Waals surface area contributed by atoms with Crippen molar-refractivity contribution in [2.75, 3.05) is 0 Å². The molecule has 0 fully saturated rings. The van der Waals surface area contributed by atoms with E-state index in [2.05, 4.69) is 6.58 Å². The van der Waals surface area contributed by atoms with Crippen molar-refractivity contribution < 1.29 is 9.90 Å². The number of rotatable bonds is 3. The minimum absolute atomic E-state index is 0.246. The molecule has 0 aliphatic heterocycles. The van der Waals surface area contributed by atoms with Crippen LogP contribution < -0.4 is 0 Å². The van der Waals surface area contributed by atoms with Gasteiger partial charge in [0.2, 0.25) is 0 Å². The fraction of sp³-hybridized carbons (Fsp3) is 0.0833. The van der Waals surface area contributed by atoms with Gasteiger partial charge in [-0.2, -0.15) is 0 Å². The number of carbonyl (C=O) groups is 1. The second-order valence-corrected chi connectivity index (χ2v) is 2.85. The average Bonchev–Trinajstić information content (AvgIpc) is 2.19. The van der Waals surface area contributed by atoms with Crippen LogP contribution in [0.1, 0.15) is 12.5 Å². The SMILES string of the molecule is C=C(C(=CC)C(=O)O)c1ccccc1. The first-order valence-electron chi connectivity index (χ1n) is 4.31. The molecule has 0 aliphatic rings. The van der Waals surface area contributed by atoms with Crippen LogP contribution in [0.2, 0.25) is 0 Å². The Hall–Kier alpha value is -1.83. The summed E-state index contributed by atoms with van der Waals surface area (Å²) in [5.41, 5.74) is 1.62. The van der Waals surface area contributed by atoms with E-state index < -0.39 is 5.97 Å². The quantitative estimate of drug-likeness (QED) is 0.585. The summed E-state index contributed by atoms with van der Waals surface area (Å²) < 4.78 is 0. The Balaban J connectivity index is 3.02. The van der Waals surface area contributed by atoms with Crippen molar-refractivity contribution in [2.45, 2.75) is 6.92 Å². The van der Waals surface area contributed by atoms with Crippen LogP contribution in [0, 0.1) is 0 Å². The number of allylic oxidation sites excluding steroid dienone is 1. The van der Waals surface area contributed by atoms with Gasteiger partial charge in [-0.1, -0.05) is 43.0 Å². The molecule has 0 bridgehead atoms. The number of hydrogen-bond donors (Lipinski definition) is 1. The summed E-state index contributed by atoms with van der Waals surface area (Å²) in [6.45, 7) is 5.46. The lowest BCUT2D eigenvalue weighted by Crippen LogP contribution is -2.01. The molecular formula is C12H12O2. The molecule has 0 atom stereocenters. The van der Waals surface area contributed by atoms with E-state index in [1.165, 1.54) is 0 Å². The second-order valence-electron chi connectivity index (χ2n) is 2.85. The molecule has 1 N–H and O–H groups in total. The molecule has 1 aromatic carbocycles. The van der Waals surface area contributed by atoms with E-state index in [0.29, 0.717) is 5.57 Å². The van der Waals surface area contributed by atoms with Crippen molar-refractivity contribution in [3.8, 4) is 0 Å². The molecule has 0 unspecified atom stereocenters. The highest BCUT2D eigenvalue weighted by Gasteiger charge is 2.10. The predicted octanol–water partition coefficient (Wildman–Crippen LogP) is 2.73. The molecule has 14 heavy (non-hydrogen) atoms. The molecule has 0 amide bonds. The maximum atomic E-state index is 10.8. The van der Waals surface area contributed by atoms with Gasteiger partial charge in [-0.3, -0.25) is 0 Å². The summed E-state index contributed by atoms with van der Waals surface area (Å²) in [5, 5.41) is 8.88. The summed E-state index contributed by atoms with van der Waals surface area (Å²) in [5.74, 6) is -0.943. The van der Waals surface area contributed by atoms with Crippen LogP contribution in [-0.4, -0.2) is 11.1 Å². The predicted molar refractivity (Wildman–Crippen MR) is 56.9 cm³/mol. The maximum absolute atomic E-state index is 10.8. The first-order chi connectivity index (χ1) is 6.66. The van der Waals surface area contributed by atoms with Gasteiger partial charge in [0, 0.05) is 0 Å². The molecule has 0 saturated carbocycles. The Morgan fingerprint density at radius 1 is 1.36 bits per heavy atom. The third-order valence-corrected chi connectivity index (χ3v) is 1.97. The smallest absolute Gasteiger partial charge is 0.335 e. The van der Waals surface area contributed by atoms with Gasteiger partial charge in [-0.15, -0.1) is 0 Å². The first kappa shape index (κ1) is 10.3. The van der Waals surface area contributed by atoms with E-state index in [-0.39, 0.29) is 5.57 Å². The lowest BCUT2D eigenvalue weighted by Gasteiger charge is -2.05. The fourth-order valence-corrected chi connectivity index (χ4v) is 1.22. The van der Waals surface area contributed by atoms with Gasteiger partial charge in [-0.05, 0) is 18.1 Å². The highest BCUT2D eigenvalue weighted by atomic mass is 16.4. The number of aliphatic carboxylic acids is 1. The molecule has 72 valence electrons. The molecule has 0 spiro atoms. The summed E-state index contributed by atoms with van der Waals surface area (Å²) in [4.78, 5) is 10.8. The maximum Gasteiger partial charge on any atom is 0.335 e. The first-order valence-corrected chi connectivity index (χ1v) is 4.31. The zero-order valence-corrected chi connectivity index (χ0v) is 8.03. The van der Waals surface area contributed by atoms with Crippen molar-refractivity contribution in [2.24, 2.45) is 0 Å². The van der Waals surface area contributed by atoms with Gasteiger partial charge in [-0.25, -0.2) is 4.79 Å². The number of carboxylic acid groups (broad SMARTS) is 1. The highest BCUT2D eigenvalue weighted by Crippen LogP contribution is 2.20. The fourth-order valence-electron chi connectivity index (χ4n) is 1.22. The molecule has 0 heterocycles. The standard InChI is InChI=1S/C12H12O2/c1-3-11(12(13)14)9(2)10-7-5-4-6-8-10/h3-8H,2H2,1H3,(H,13,14). The molecule has 2 nitrogen and oxygen atoms in total. The third kappa shape index (κ3) is 2.10. The van der Waals surface area contributed by atoms with E-state index in [4.69, 9.17) is 5.11 Å². The largest absolute Gasteiger partial charge is 0.478 e. The van der Waals surface area contributed by atoms with Gasteiger partial charge >= 0.3 is 5.97 Å². The molecular weight excluding hydrogens is 176 g/mol. The van der Waals surface area contributed by atoms with Crippen LogP contribution in [0.15, 0.2) is 48.6 Å². The van der Waals surface area contributed by atoms with E-state index >= 15 is 0 Å². The van der Waals surface area contributed by atoms with Crippen LogP contribution in [0.3, 0.4) is 0 Å². The molecule has 0 aromatic heterocycles. The molecule has 0 aliphatic carbocycles. The Morgan fingerprint density at radius 3 is 2.36 bits per heavy atom. The Kier molecular flexibility index (Phi) is 3.24.